The van der Waals surface area contributed by atoms with Crippen molar-refractivity contribution in [3.8, 4) is 0 Å². The maximum atomic E-state index is 12.4. The van der Waals surface area contributed by atoms with Gasteiger partial charge >= 0.3 is 0 Å². The van der Waals surface area contributed by atoms with Crippen LogP contribution in [0.4, 0.5) is 0 Å². The van der Waals surface area contributed by atoms with Gasteiger partial charge in [0, 0.05) is 38.3 Å². The molecule has 132 valence electrons. The first-order valence-corrected chi connectivity index (χ1v) is 7.81. The number of nitrogens with zero attached hydrogens (tertiary/aromatic N) is 3. The lowest BCUT2D eigenvalue weighted by Crippen LogP contribution is -2.52. The number of aromatic nitrogens is 1. The van der Waals surface area contributed by atoms with Crippen molar-refractivity contribution in [2.75, 3.05) is 32.7 Å². The number of hydrogen-bond donors (Lipinski definition) is 1. The third-order valence-corrected chi connectivity index (χ3v) is 4.61. The van der Waals surface area contributed by atoms with E-state index >= 15 is 0 Å². The lowest BCUT2D eigenvalue weighted by molar-refractivity contribution is -0.134. The zero-order valence-corrected chi connectivity index (χ0v) is 15.3. The van der Waals surface area contributed by atoms with Crippen LogP contribution < -0.4 is 5.32 Å². The van der Waals surface area contributed by atoms with Crippen molar-refractivity contribution in [3.05, 3.63) is 17.0 Å². The summed E-state index contributed by atoms with van der Waals surface area (Å²) in [7, 11) is 0. The third-order valence-electron chi connectivity index (χ3n) is 4.61. The Kier molecular flexibility index (Phi) is 7.80. The highest BCUT2D eigenvalue weighted by atomic mass is 35.5. The molecule has 0 radical (unpaired) electrons. The molecule has 6 nitrogen and oxygen atoms in total. The topological polar surface area (TPSA) is 61.6 Å². The summed E-state index contributed by atoms with van der Waals surface area (Å²) >= 11 is 0. The van der Waals surface area contributed by atoms with Crippen LogP contribution in [0.5, 0.6) is 0 Å². The lowest BCUT2D eigenvalue weighted by atomic mass is 10.1. The van der Waals surface area contributed by atoms with E-state index in [1.807, 2.05) is 18.7 Å². The van der Waals surface area contributed by atoms with E-state index in [0.717, 1.165) is 63.6 Å². The molecule has 1 aromatic heterocycles. The summed E-state index contributed by atoms with van der Waals surface area (Å²) in [6, 6.07) is 0.0547. The number of carbonyl (C=O) groups excluding carboxylic acids is 1. The van der Waals surface area contributed by atoms with Crippen LogP contribution in [0.3, 0.4) is 0 Å². The van der Waals surface area contributed by atoms with Gasteiger partial charge in [-0.25, -0.2) is 0 Å². The molecule has 0 bridgehead atoms. The first kappa shape index (κ1) is 20.2. The SMILES string of the molecule is Cc1noc(C)c1CN1CCN(C(=O)C2CCCN2)CC1.Cl.Cl. The average molecular weight is 365 g/mol. The molecular formula is C15H26Cl2N4O2. The molecule has 3 rings (SSSR count). The Morgan fingerprint density at radius 2 is 1.96 bits per heavy atom. The summed E-state index contributed by atoms with van der Waals surface area (Å²) < 4.78 is 5.21. The summed E-state index contributed by atoms with van der Waals surface area (Å²) in [4.78, 5) is 16.7. The molecule has 2 aliphatic rings. The van der Waals surface area contributed by atoms with E-state index in [0.29, 0.717) is 0 Å². The van der Waals surface area contributed by atoms with Crippen LogP contribution in [0, 0.1) is 13.8 Å². The Balaban J connectivity index is 0.00000132. The van der Waals surface area contributed by atoms with E-state index in [1.54, 1.807) is 0 Å². The van der Waals surface area contributed by atoms with E-state index in [-0.39, 0.29) is 36.8 Å². The molecule has 3 heterocycles. The van der Waals surface area contributed by atoms with Crippen LogP contribution in [0.2, 0.25) is 0 Å². The molecule has 1 aromatic rings. The fraction of sp³-hybridized carbons (Fsp3) is 0.733. The highest BCUT2D eigenvalue weighted by Gasteiger charge is 2.29. The van der Waals surface area contributed by atoms with Gasteiger partial charge in [-0.15, -0.1) is 24.8 Å². The average Bonchev–Trinajstić information content (AvgIpc) is 3.13. The Bertz CT molecular complexity index is 490. The van der Waals surface area contributed by atoms with Crippen LogP contribution in [-0.2, 0) is 11.3 Å². The Morgan fingerprint density at radius 1 is 1.26 bits per heavy atom. The Hall–Kier alpha value is -0.820. The summed E-state index contributed by atoms with van der Waals surface area (Å²) in [6.07, 6.45) is 2.10. The van der Waals surface area contributed by atoms with Crippen molar-refractivity contribution in [1.29, 1.82) is 0 Å². The third kappa shape index (κ3) is 4.59. The smallest absolute Gasteiger partial charge is 0.239 e. The van der Waals surface area contributed by atoms with Crippen molar-refractivity contribution < 1.29 is 9.32 Å². The molecule has 2 saturated heterocycles. The van der Waals surface area contributed by atoms with Crippen LogP contribution >= 0.6 is 24.8 Å². The number of carbonyl (C=O) groups is 1. The van der Waals surface area contributed by atoms with Crippen molar-refractivity contribution in [2.24, 2.45) is 0 Å². The molecule has 0 spiro atoms. The van der Waals surface area contributed by atoms with Gasteiger partial charge in [0.15, 0.2) is 0 Å². The second-order valence-corrected chi connectivity index (χ2v) is 6.05. The maximum absolute atomic E-state index is 12.4. The molecule has 1 unspecified atom stereocenters. The van der Waals surface area contributed by atoms with E-state index in [9.17, 15) is 4.79 Å². The molecule has 1 atom stereocenters. The summed E-state index contributed by atoms with van der Waals surface area (Å²) in [5.41, 5.74) is 2.16. The molecule has 8 heteroatoms. The number of piperazine rings is 1. The van der Waals surface area contributed by atoms with Gasteiger partial charge in [0.1, 0.15) is 5.76 Å². The van der Waals surface area contributed by atoms with Gasteiger partial charge in [-0.3, -0.25) is 9.69 Å². The van der Waals surface area contributed by atoms with E-state index < -0.39 is 0 Å². The minimum atomic E-state index is 0. The summed E-state index contributed by atoms with van der Waals surface area (Å²) in [5, 5.41) is 7.29. The second-order valence-electron chi connectivity index (χ2n) is 6.05. The Labute approximate surface area is 149 Å². The molecule has 0 saturated carbocycles. The molecular weight excluding hydrogens is 339 g/mol. The van der Waals surface area contributed by atoms with Crippen molar-refractivity contribution in [3.63, 3.8) is 0 Å². The van der Waals surface area contributed by atoms with Crippen molar-refractivity contribution in [1.82, 2.24) is 20.3 Å². The van der Waals surface area contributed by atoms with E-state index in [2.05, 4.69) is 15.4 Å². The second kappa shape index (κ2) is 8.87. The normalized spacial score (nSPS) is 21.7. The maximum Gasteiger partial charge on any atom is 0.239 e. The summed E-state index contributed by atoms with van der Waals surface area (Å²) in [5.74, 6) is 1.19. The van der Waals surface area contributed by atoms with Crippen molar-refractivity contribution in [2.45, 2.75) is 39.3 Å². The quantitative estimate of drug-likeness (QED) is 0.880. The number of halogens is 2. The fourth-order valence-electron chi connectivity index (χ4n) is 3.19. The number of rotatable bonds is 3. The minimum Gasteiger partial charge on any atom is -0.361 e. The standard InChI is InChI=1S/C15H24N4O2.2ClH/c1-11-13(12(2)21-17-11)10-18-6-8-19(9-7-18)15(20)14-4-3-5-16-14;;/h14,16H,3-10H2,1-2H3;2*1H. The first-order chi connectivity index (χ1) is 10.1. The van der Waals surface area contributed by atoms with E-state index in [4.69, 9.17) is 4.52 Å². The number of aryl methyl sites for hydroxylation is 2. The molecule has 1 N–H and O–H groups in total. The van der Waals surface area contributed by atoms with Crippen LogP contribution in [0.25, 0.3) is 0 Å². The Morgan fingerprint density at radius 3 is 2.48 bits per heavy atom. The van der Waals surface area contributed by atoms with Gasteiger partial charge < -0.3 is 14.7 Å². The lowest BCUT2D eigenvalue weighted by Gasteiger charge is -2.35. The van der Waals surface area contributed by atoms with Gasteiger partial charge in [0.25, 0.3) is 0 Å². The zero-order chi connectivity index (χ0) is 14.8. The monoisotopic (exact) mass is 364 g/mol. The summed E-state index contributed by atoms with van der Waals surface area (Å²) in [6.45, 7) is 9.26. The van der Waals surface area contributed by atoms with Gasteiger partial charge in [-0.05, 0) is 33.2 Å². The van der Waals surface area contributed by atoms with Gasteiger partial charge in [0.05, 0.1) is 11.7 Å². The number of amides is 1. The molecule has 0 aromatic carbocycles. The molecule has 0 aliphatic carbocycles. The number of hydrogen-bond acceptors (Lipinski definition) is 5. The number of nitrogens with one attached hydrogen (secondary N) is 1. The van der Waals surface area contributed by atoms with Gasteiger partial charge in [0.2, 0.25) is 5.91 Å². The highest BCUT2D eigenvalue weighted by Crippen LogP contribution is 2.17. The first-order valence-electron chi connectivity index (χ1n) is 7.81. The van der Waals surface area contributed by atoms with E-state index in [1.165, 1.54) is 5.56 Å². The molecule has 2 fully saturated rings. The predicted octanol–water partition coefficient (Wildman–Crippen LogP) is 1.53. The van der Waals surface area contributed by atoms with Crippen LogP contribution in [0.15, 0.2) is 4.52 Å². The minimum absolute atomic E-state index is 0. The van der Waals surface area contributed by atoms with Crippen molar-refractivity contribution >= 4 is 30.7 Å². The van der Waals surface area contributed by atoms with Gasteiger partial charge in [-0.2, -0.15) is 0 Å². The highest BCUT2D eigenvalue weighted by molar-refractivity contribution is 5.85. The fourth-order valence-corrected chi connectivity index (χ4v) is 3.19. The molecule has 2 aliphatic heterocycles. The largest absolute Gasteiger partial charge is 0.361 e. The van der Waals surface area contributed by atoms with Crippen LogP contribution in [-0.4, -0.2) is 59.6 Å². The zero-order valence-electron chi connectivity index (χ0n) is 13.7. The molecule has 1 amide bonds. The predicted molar refractivity (Wildman–Crippen MR) is 93.4 cm³/mol. The van der Waals surface area contributed by atoms with Gasteiger partial charge in [-0.1, -0.05) is 5.16 Å². The van der Waals surface area contributed by atoms with Crippen LogP contribution in [0.1, 0.15) is 29.9 Å². The molecule has 23 heavy (non-hydrogen) atoms.